The van der Waals surface area contributed by atoms with Gasteiger partial charge in [-0.1, -0.05) is 0 Å². The molecule has 0 fully saturated rings. The Morgan fingerprint density at radius 1 is 0.0667 bits per heavy atom. The van der Waals surface area contributed by atoms with Gasteiger partial charge in [0.1, 0.15) is 0 Å². The molecule has 0 aromatic rings. The van der Waals surface area contributed by atoms with E-state index in [1.165, 1.54) is 0 Å². The maximum absolute atomic E-state index is 7.84. The Morgan fingerprint density at radius 2 is 0.111 bits per heavy atom. The van der Waals surface area contributed by atoms with Crippen LogP contribution in [0, 0.1) is 0 Å². The van der Waals surface area contributed by atoms with Crippen molar-refractivity contribution >= 4 is 955 Å². The fourth-order valence-corrected chi connectivity index (χ4v) is 24.8. The summed E-state index contributed by atoms with van der Waals surface area (Å²) in [6.45, 7) is 0. The molecule has 0 spiro atoms. The summed E-state index contributed by atoms with van der Waals surface area (Å²) >= 11 is 0. The highest BCUT2D eigenvalue weighted by Gasteiger charge is 2.72. The highest BCUT2D eigenvalue weighted by atomic mass is 13.5. The van der Waals surface area contributed by atoms with Gasteiger partial charge in [0.05, 0.1) is 0 Å². The summed E-state index contributed by atoms with van der Waals surface area (Å²) in [5.41, 5.74) is 0. The number of hydrogen-bond acceptors (Lipinski definition) is 0. The normalized spacial score (nSPS) is 9.87. The lowest BCUT2D eigenvalue weighted by Gasteiger charge is -2.65. The average Bonchev–Trinajstić information content (AvgIpc) is 0.696. The van der Waals surface area contributed by atoms with Crippen LogP contribution >= 0.6 is 0 Å². The molecule has 0 aromatic carbocycles. The molecule has 0 saturated heterocycles. The minimum Gasteiger partial charge on any atom is 0 e. The third kappa shape index (κ3) is 38.6. The van der Waals surface area contributed by atoms with E-state index in [0.29, 0.717) is 0 Å². The Hall–Kier alpha value is 8.77. The van der Waals surface area contributed by atoms with Crippen molar-refractivity contribution in [1.82, 2.24) is 0 Å². The molecule has 0 heterocycles. The first-order chi connectivity index (χ1) is 61.5. The van der Waals surface area contributed by atoms with Crippen molar-refractivity contribution in [3.63, 3.8) is 0 Å². The molecular formula is B135. The van der Waals surface area contributed by atoms with E-state index in [4.69, 9.17) is 526 Å². The van der Waals surface area contributed by atoms with Crippen LogP contribution in [0.5, 0.6) is 0 Å². The third-order valence-corrected chi connectivity index (χ3v) is 29.1. The van der Waals surface area contributed by atoms with Crippen molar-refractivity contribution in [3.8, 4) is 0 Å². The van der Waals surface area contributed by atoms with Crippen LogP contribution in [0.25, 0.3) is 0 Å². The van der Waals surface area contributed by atoms with Gasteiger partial charge in [0.2, 0.25) is 0 Å². The highest BCUT2D eigenvalue weighted by molar-refractivity contribution is 8.48. The van der Waals surface area contributed by atoms with E-state index >= 15 is 0 Å². The molecule has 0 saturated carbocycles. The lowest BCUT2D eigenvalue weighted by molar-refractivity contribution is 3.10. The Morgan fingerprint density at radius 3 is 0.156 bits per heavy atom. The van der Waals surface area contributed by atoms with Gasteiger partial charge >= 0.3 is 0 Å². The molecule has 0 aliphatic heterocycles. The topological polar surface area (TPSA) is 0 Å². The summed E-state index contributed by atoms with van der Waals surface area (Å²) in [7, 11) is 510. The molecule has 0 aliphatic carbocycles. The minimum atomic E-state index is -2.92. The van der Waals surface area contributed by atoms with Crippen molar-refractivity contribution in [2.24, 2.45) is 0 Å². The second kappa shape index (κ2) is 66.5. The largest absolute Gasteiger partial charge is 0 e. The van der Waals surface area contributed by atoms with E-state index in [1.54, 1.807) is 0 Å². The van der Waals surface area contributed by atoms with Gasteiger partial charge in [0.15, 0.2) is 0 Å². The van der Waals surface area contributed by atoms with E-state index in [0.717, 1.165) is 7.06 Å². The summed E-state index contributed by atoms with van der Waals surface area (Å²) in [6, 6.07) is 0. The van der Waals surface area contributed by atoms with E-state index < -0.39 is 421 Å². The van der Waals surface area contributed by atoms with Crippen LogP contribution < -0.4 is 0 Å². The Bertz CT molecular complexity index is 2330. The van der Waals surface area contributed by atoms with Crippen molar-refractivity contribution < 1.29 is 0 Å². The first kappa shape index (κ1) is 144. The molecule has 0 atom stereocenters. The SMILES string of the molecule is [B][B]B([B])B(B([B])[B])B(B(B(B([B])[B])B([B])[B])B(B([B])[B])B([B])[B])B(B(B(B([B])[B])B([B])[B])B(B([B])[B])B([B])[B])B(B(B(B(B([B])[B])B([B])[B])B(B([B])[B])B([B])[B])B(B(B([B])[B])B([B])[B])B(B([B])[B])B([B])[B])B(B(B(B(B([B])[B])B([B])[B])B(B([B])[B])B([B])[B])B(B(B([B])[B])B([B])[B])B(B([B])[B])B([B])[B])B(B(B(B([B])[B])B([B])[B])B(B([B])[B])B([B])[B])B(B(B([B])[B])B([B])[B])B(B([B])[B])B([B])[B]. The molecule has 135 heavy (non-hydrogen) atoms. The van der Waals surface area contributed by atoms with Crippen LogP contribution in [-0.2, 0) is 0 Å². The van der Waals surface area contributed by atoms with E-state index in [-0.39, 0.29) is 0 Å². The smallest absolute Gasteiger partial charge is 0 e. The molecule has 0 aromatic heterocycles. The second-order valence-electron chi connectivity index (χ2n) is 38.3. The second-order valence-corrected chi connectivity index (χ2v) is 38.3. The maximum Gasteiger partial charge on any atom is 0 e. The molecule has 0 N–H and O–H groups in total. The van der Waals surface area contributed by atoms with Crippen molar-refractivity contribution in [3.05, 3.63) is 0 Å². The number of hydrogen-bond donors (Lipinski definition) is 0. The van der Waals surface area contributed by atoms with Crippen LogP contribution in [0.2, 0.25) is 0 Å². The standard InChI is InChI=1S/B135/c1-69-103(68)120(102(66)67)129(121(104(70(2)3)71(4)5)105(72(6)7)73(8)9)133(128(118(98(58)59)99(60)61)119(100(62)63)101(64)65)135(132(126(114(90(42)43)91(44)45)115(92(46)47)93(48)49)127(116(94(50)51)95(52)53)117(96(54)55)97(56)57)134(130(122(106(74(10)11)75(12)13)107(76(14)15)77(16)17)123(108(78(18)19)79(20)21)109(80(22)23)81(24)25)131(124(110(82(26)27)83(28)29)111(84(30)31)85(32)33)125(112(86(34)35)87(36)37)113(88(38)39)89(40)41. The van der Waals surface area contributed by atoms with Gasteiger partial charge in [0, 0.05) is 955 Å². The molecule has 405 valence electrons. The van der Waals surface area contributed by atoms with Crippen LogP contribution in [-0.4, -0.2) is 955 Å². The molecule has 0 nitrogen and oxygen atoms in total. The van der Waals surface area contributed by atoms with Crippen molar-refractivity contribution in [2.75, 3.05) is 0 Å². The molecule has 0 rings (SSSR count). The summed E-state index contributed by atoms with van der Waals surface area (Å²) in [5.74, 6) is 0. The van der Waals surface area contributed by atoms with E-state index in [2.05, 4.69) is 0 Å². The van der Waals surface area contributed by atoms with E-state index in [9.17, 15) is 0 Å². The third-order valence-electron chi connectivity index (χ3n) is 29.1. The molecule has 135 heteroatoms. The minimum absolute atomic E-state index is 0.866. The lowest BCUT2D eigenvalue weighted by Crippen LogP contribution is -3.03. The first-order valence-corrected chi connectivity index (χ1v) is 44.7. The Labute approximate surface area is 944 Å². The van der Waals surface area contributed by atoms with Gasteiger partial charge in [-0.25, -0.2) is 0 Å². The fraction of sp³-hybridized carbons (Fsp3) is 0. The Kier molecular flexibility index (Phi) is 70.8. The zero-order valence-corrected chi connectivity index (χ0v) is 77.9. The average molecular weight is 1460 g/mol. The molecule has 0 unspecified atom stereocenters. The molecular weight excluding hydrogens is 1460 g/mol. The quantitative estimate of drug-likeness (QED) is 0.0533. The number of rotatable bonds is 66. The highest BCUT2D eigenvalue weighted by Crippen LogP contribution is 2.34. The lowest BCUT2D eigenvalue weighted by atomic mass is 8.16. The van der Waals surface area contributed by atoms with Gasteiger partial charge in [-0.15, -0.1) is 0 Å². The van der Waals surface area contributed by atoms with Gasteiger partial charge in [-0.3, -0.25) is 0 Å². The van der Waals surface area contributed by atoms with Crippen LogP contribution in [0.3, 0.4) is 0 Å². The predicted octanol–water partition coefficient (Wildman–Crippen LogP) is -51.4. The maximum atomic E-state index is 7.84. The zero-order chi connectivity index (χ0) is 107. The summed E-state index contributed by atoms with van der Waals surface area (Å²) < 4.78 is 0. The van der Waals surface area contributed by atoms with Gasteiger partial charge < -0.3 is 0 Å². The predicted molar refractivity (Wildman–Crippen MR) is 777 cm³/mol. The van der Waals surface area contributed by atoms with Gasteiger partial charge in [0.25, 0.3) is 0 Å². The van der Waals surface area contributed by atoms with Crippen LogP contribution in [0.4, 0.5) is 0 Å². The first-order valence-electron chi connectivity index (χ1n) is 44.7. The van der Waals surface area contributed by atoms with Crippen molar-refractivity contribution in [2.45, 2.75) is 0 Å². The van der Waals surface area contributed by atoms with Crippen LogP contribution in [0.15, 0.2) is 0 Å². The van der Waals surface area contributed by atoms with Crippen molar-refractivity contribution in [1.29, 1.82) is 0 Å². The van der Waals surface area contributed by atoms with Gasteiger partial charge in [-0.05, 0) is 0 Å². The molecule has 0 aliphatic rings. The zero-order valence-electron chi connectivity index (χ0n) is 77.9. The molecule has 0 amide bonds. The molecule has 137 radical (unpaired) electrons. The summed E-state index contributed by atoms with van der Waals surface area (Å²) in [5, 5.41) is 0. The summed E-state index contributed by atoms with van der Waals surface area (Å²) in [6.07, 6.45) is -148. The van der Waals surface area contributed by atoms with Gasteiger partial charge in [-0.2, -0.15) is 0 Å². The molecule has 0 bridgehead atoms. The summed E-state index contributed by atoms with van der Waals surface area (Å²) in [4.78, 5) is 0. The van der Waals surface area contributed by atoms with Crippen LogP contribution in [0.1, 0.15) is 0 Å². The van der Waals surface area contributed by atoms with E-state index in [1.807, 2.05) is 0 Å². The monoisotopic (exact) mass is 1490 g/mol. The fourth-order valence-electron chi connectivity index (χ4n) is 24.8. The Balaban J connectivity index is 17.9.